The summed E-state index contributed by atoms with van der Waals surface area (Å²) >= 11 is 12.5. The molecule has 0 saturated carbocycles. The normalized spacial score (nSPS) is 19.1. The Bertz CT molecular complexity index is 1140. The number of amides is 1. The molecule has 1 aliphatic heterocycles. The van der Waals surface area contributed by atoms with Gasteiger partial charge in [0.2, 0.25) is 0 Å². The summed E-state index contributed by atoms with van der Waals surface area (Å²) in [6, 6.07) is 15.0. The molecule has 1 unspecified atom stereocenters. The van der Waals surface area contributed by atoms with Gasteiger partial charge in [0.15, 0.2) is 0 Å². The van der Waals surface area contributed by atoms with Crippen molar-refractivity contribution >= 4 is 40.0 Å². The third kappa shape index (κ3) is 3.49. The molecule has 4 rings (SSSR count). The average molecular weight is 427 g/mol. The van der Waals surface area contributed by atoms with Crippen molar-refractivity contribution in [1.29, 1.82) is 5.26 Å². The van der Waals surface area contributed by atoms with Crippen molar-refractivity contribution in [2.24, 2.45) is 7.05 Å². The number of carbonyl (C=O) groups excluding carboxylic acids is 1. The summed E-state index contributed by atoms with van der Waals surface area (Å²) in [6.07, 6.45) is 1.71. The van der Waals surface area contributed by atoms with Gasteiger partial charge < -0.3 is 15.2 Å². The van der Waals surface area contributed by atoms with Crippen LogP contribution in [-0.4, -0.2) is 23.6 Å². The number of benzene rings is 2. The molecule has 1 amide bonds. The Balaban J connectivity index is 1.74. The average Bonchev–Trinajstić information content (AvgIpc) is 3.09. The minimum atomic E-state index is -0.583. The lowest BCUT2D eigenvalue weighted by molar-refractivity contribution is 0.0868. The zero-order chi connectivity index (χ0) is 20.6. The van der Waals surface area contributed by atoms with Crippen molar-refractivity contribution in [3.8, 4) is 6.07 Å². The molecular formula is C22H20Cl2N4O. The summed E-state index contributed by atoms with van der Waals surface area (Å²) < 4.78 is 1.82. The van der Waals surface area contributed by atoms with E-state index in [1.807, 2.05) is 35.9 Å². The second-order valence-corrected chi connectivity index (χ2v) is 8.18. The molecule has 29 heavy (non-hydrogen) atoms. The van der Waals surface area contributed by atoms with E-state index in [1.165, 1.54) is 0 Å². The number of carbonyl (C=O) groups is 1. The van der Waals surface area contributed by atoms with Crippen LogP contribution in [0.15, 0.2) is 42.5 Å². The maximum atomic E-state index is 13.3. The van der Waals surface area contributed by atoms with Crippen LogP contribution < -0.4 is 10.6 Å². The van der Waals surface area contributed by atoms with Gasteiger partial charge in [-0.1, -0.05) is 35.3 Å². The summed E-state index contributed by atoms with van der Waals surface area (Å²) in [5.41, 5.74) is 2.27. The molecule has 0 radical (unpaired) electrons. The summed E-state index contributed by atoms with van der Waals surface area (Å²) in [6.45, 7) is 1.50. The molecule has 7 heteroatoms. The molecule has 1 saturated heterocycles. The molecular weight excluding hydrogens is 407 g/mol. The first-order valence-corrected chi connectivity index (χ1v) is 10.2. The minimum absolute atomic E-state index is 0.193. The molecule has 1 atom stereocenters. The number of hydrogen-bond donors (Lipinski definition) is 2. The van der Waals surface area contributed by atoms with Crippen LogP contribution in [0.1, 0.15) is 34.5 Å². The Morgan fingerprint density at radius 3 is 2.83 bits per heavy atom. The highest BCUT2D eigenvalue weighted by atomic mass is 35.5. The van der Waals surface area contributed by atoms with Gasteiger partial charge in [0.05, 0.1) is 27.2 Å². The maximum absolute atomic E-state index is 13.3. The molecule has 0 bridgehead atoms. The predicted molar refractivity (Wildman–Crippen MR) is 115 cm³/mol. The van der Waals surface area contributed by atoms with Crippen LogP contribution in [0.5, 0.6) is 0 Å². The van der Waals surface area contributed by atoms with Gasteiger partial charge in [-0.15, -0.1) is 0 Å². The fourth-order valence-corrected chi connectivity index (χ4v) is 4.44. The number of nitriles is 1. The number of hydrogen-bond acceptors (Lipinski definition) is 3. The lowest BCUT2D eigenvalue weighted by atomic mass is 9.82. The molecule has 0 aliphatic carbocycles. The number of fused-ring (bicyclic) bond motifs is 1. The van der Waals surface area contributed by atoms with Gasteiger partial charge in [0.1, 0.15) is 5.69 Å². The van der Waals surface area contributed by atoms with Crippen LogP contribution in [0.2, 0.25) is 10.0 Å². The Hall–Kier alpha value is -2.52. The SMILES string of the molecule is Cn1c(C(=O)NC2(c3cccc(C#N)c3)CCCNC2)cc2c(Cl)c(Cl)ccc21. The first-order chi connectivity index (χ1) is 13.9. The molecule has 1 fully saturated rings. The molecule has 5 nitrogen and oxygen atoms in total. The van der Waals surface area contributed by atoms with Crippen molar-refractivity contribution in [3.63, 3.8) is 0 Å². The van der Waals surface area contributed by atoms with Crippen molar-refractivity contribution in [1.82, 2.24) is 15.2 Å². The molecule has 2 heterocycles. The Labute approximate surface area is 179 Å². The zero-order valence-electron chi connectivity index (χ0n) is 15.9. The smallest absolute Gasteiger partial charge is 0.268 e. The minimum Gasteiger partial charge on any atom is -0.340 e. The molecule has 2 aromatic carbocycles. The summed E-state index contributed by atoms with van der Waals surface area (Å²) in [7, 11) is 1.84. The quantitative estimate of drug-likeness (QED) is 0.653. The van der Waals surface area contributed by atoms with E-state index < -0.39 is 5.54 Å². The van der Waals surface area contributed by atoms with Gasteiger partial charge in [0.25, 0.3) is 5.91 Å². The van der Waals surface area contributed by atoms with Crippen LogP contribution in [-0.2, 0) is 12.6 Å². The fraction of sp³-hybridized carbons (Fsp3) is 0.273. The van der Waals surface area contributed by atoms with Gasteiger partial charge in [-0.05, 0) is 55.3 Å². The Morgan fingerprint density at radius 2 is 2.10 bits per heavy atom. The van der Waals surface area contributed by atoms with Gasteiger partial charge in [0, 0.05) is 24.5 Å². The lowest BCUT2D eigenvalue weighted by Crippen LogP contribution is -2.55. The van der Waals surface area contributed by atoms with Gasteiger partial charge in [-0.25, -0.2) is 0 Å². The maximum Gasteiger partial charge on any atom is 0.268 e. The van der Waals surface area contributed by atoms with Crippen LogP contribution in [0, 0.1) is 11.3 Å². The third-order valence-corrected chi connectivity index (χ3v) is 6.45. The number of rotatable bonds is 3. The van der Waals surface area contributed by atoms with Crippen molar-refractivity contribution in [3.05, 3.63) is 69.3 Å². The summed E-state index contributed by atoms with van der Waals surface area (Å²) in [5, 5.41) is 17.6. The molecule has 148 valence electrons. The third-order valence-electron chi connectivity index (χ3n) is 5.63. The second kappa shape index (κ2) is 7.72. The highest BCUT2D eigenvalue weighted by molar-refractivity contribution is 6.45. The number of halogens is 2. The van der Waals surface area contributed by atoms with E-state index in [0.29, 0.717) is 27.8 Å². The van der Waals surface area contributed by atoms with E-state index in [-0.39, 0.29) is 5.91 Å². The van der Waals surface area contributed by atoms with Crippen molar-refractivity contribution < 1.29 is 4.79 Å². The highest BCUT2D eigenvalue weighted by Gasteiger charge is 2.36. The van der Waals surface area contributed by atoms with Crippen LogP contribution in [0.3, 0.4) is 0 Å². The Kier molecular flexibility index (Phi) is 5.26. The van der Waals surface area contributed by atoms with E-state index >= 15 is 0 Å². The number of nitrogens with zero attached hydrogens (tertiary/aromatic N) is 2. The number of aryl methyl sites for hydroxylation is 1. The van der Waals surface area contributed by atoms with Crippen molar-refractivity contribution in [2.45, 2.75) is 18.4 Å². The molecule has 3 aromatic rings. The first-order valence-electron chi connectivity index (χ1n) is 9.42. The number of nitrogens with one attached hydrogen (secondary N) is 2. The fourth-order valence-electron chi connectivity index (χ4n) is 4.07. The van der Waals surface area contributed by atoms with E-state index in [0.717, 1.165) is 35.9 Å². The summed E-state index contributed by atoms with van der Waals surface area (Å²) in [5.74, 6) is -0.193. The molecule has 0 spiro atoms. The number of aromatic nitrogens is 1. The van der Waals surface area contributed by atoms with E-state index in [4.69, 9.17) is 23.2 Å². The lowest BCUT2D eigenvalue weighted by Gasteiger charge is -2.39. The predicted octanol–water partition coefficient (Wildman–Crippen LogP) is 4.37. The molecule has 1 aliphatic rings. The van der Waals surface area contributed by atoms with Gasteiger partial charge >= 0.3 is 0 Å². The molecule has 1 aromatic heterocycles. The Morgan fingerprint density at radius 1 is 1.28 bits per heavy atom. The van der Waals surface area contributed by atoms with Gasteiger partial charge in [-0.3, -0.25) is 4.79 Å². The van der Waals surface area contributed by atoms with E-state index in [2.05, 4.69) is 16.7 Å². The van der Waals surface area contributed by atoms with Crippen molar-refractivity contribution in [2.75, 3.05) is 13.1 Å². The molecule has 2 N–H and O–H groups in total. The second-order valence-electron chi connectivity index (χ2n) is 7.39. The highest BCUT2D eigenvalue weighted by Crippen LogP contribution is 2.34. The van der Waals surface area contributed by atoms with Crippen LogP contribution in [0.4, 0.5) is 0 Å². The van der Waals surface area contributed by atoms with Crippen LogP contribution >= 0.6 is 23.2 Å². The van der Waals surface area contributed by atoms with E-state index in [9.17, 15) is 10.1 Å². The number of piperidine rings is 1. The topological polar surface area (TPSA) is 69.8 Å². The zero-order valence-corrected chi connectivity index (χ0v) is 17.4. The largest absolute Gasteiger partial charge is 0.340 e. The summed E-state index contributed by atoms with van der Waals surface area (Å²) in [4.78, 5) is 13.3. The van der Waals surface area contributed by atoms with E-state index in [1.54, 1.807) is 18.2 Å². The van der Waals surface area contributed by atoms with Gasteiger partial charge in [-0.2, -0.15) is 5.26 Å². The standard InChI is InChI=1S/C22H20Cl2N4O/c1-28-18-7-6-17(23)20(24)16(18)11-19(28)21(29)27-22(8-3-9-26-13-22)15-5-2-4-14(10-15)12-25/h2,4-7,10-11,26H,3,8-9,13H2,1H3,(H,27,29). The van der Waals surface area contributed by atoms with Crippen LogP contribution in [0.25, 0.3) is 10.9 Å². The first kappa shape index (κ1) is 19.8. The monoisotopic (exact) mass is 426 g/mol.